The van der Waals surface area contributed by atoms with Crippen molar-refractivity contribution in [3.8, 4) is 0 Å². The molecule has 22 heavy (non-hydrogen) atoms. The highest BCUT2D eigenvalue weighted by molar-refractivity contribution is 5.90. The number of hydrogen-bond acceptors (Lipinski definition) is 2. The third-order valence-electron chi connectivity index (χ3n) is 3.31. The molecular formula is C15H19F2N3O2. The number of carbonyl (C=O) groups excluding carboxylic acids is 2. The summed E-state index contributed by atoms with van der Waals surface area (Å²) in [5.74, 6) is -1.04. The van der Waals surface area contributed by atoms with E-state index in [1.54, 1.807) is 4.90 Å². The van der Waals surface area contributed by atoms with Gasteiger partial charge in [-0.25, -0.2) is 13.6 Å². The Hall–Kier alpha value is -2.18. The SMILES string of the molecule is CC(C)CN1CC(NC(=O)Nc2cc(F)ccc2F)CC1=O. The fourth-order valence-corrected chi connectivity index (χ4v) is 2.42. The van der Waals surface area contributed by atoms with E-state index < -0.39 is 17.7 Å². The van der Waals surface area contributed by atoms with E-state index in [9.17, 15) is 18.4 Å². The Bertz CT molecular complexity index is 578. The van der Waals surface area contributed by atoms with Crippen LogP contribution in [0, 0.1) is 17.6 Å². The van der Waals surface area contributed by atoms with Crippen LogP contribution in [-0.2, 0) is 4.79 Å². The molecule has 2 rings (SSSR count). The Morgan fingerprint density at radius 3 is 2.82 bits per heavy atom. The molecule has 1 atom stereocenters. The molecule has 1 aliphatic rings. The largest absolute Gasteiger partial charge is 0.340 e. The molecule has 1 aromatic rings. The lowest BCUT2D eigenvalue weighted by Crippen LogP contribution is -2.40. The Morgan fingerprint density at radius 2 is 2.14 bits per heavy atom. The van der Waals surface area contributed by atoms with E-state index in [0.29, 0.717) is 19.0 Å². The summed E-state index contributed by atoms with van der Waals surface area (Å²) < 4.78 is 26.5. The molecule has 5 nitrogen and oxygen atoms in total. The van der Waals surface area contributed by atoms with Gasteiger partial charge in [-0.05, 0) is 18.1 Å². The van der Waals surface area contributed by atoms with Crippen LogP contribution in [0.4, 0.5) is 19.3 Å². The monoisotopic (exact) mass is 311 g/mol. The van der Waals surface area contributed by atoms with Crippen LogP contribution in [0.5, 0.6) is 0 Å². The first-order valence-electron chi connectivity index (χ1n) is 7.15. The first-order valence-corrected chi connectivity index (χ1v) is 7.15. The number of hydrogen-bond donors (Lipinski definition) is 2. The van der Waals surface area contributed by atoms with Crippen molar-refractivity contribution in [2.45, 2.75) is 26.3 Å². The number of halogens is 2. The smallest absolute Gasteiger partial charge is 0.319 e. The van der Waals surface area contributed by atoms with Crippen molar-refractivity contribution in [1.29, 1.82) is 0 Å². The van der Waals surface area contributed by atoms with Crippen molar-refractivity contribution in [3.63, 3.8) is 0 Å². The second kappa shape index (κ2) is 6.72. The molecule has 1 unspecified atom stereocenters. The minimum atomic E-state index is -0.722. The maximum atomic E-state index is 13.4. The molecule has 1 fully saturated rings. The van der Waals surface area contributed by atoms with Crippen LogP contribution in [0.15, 0.2) is 18.2 Å². The highest BCUT2D eigenvalue weighted by Crippen LogP contribution is 2.16. The number of rotatable bonds is 4. The van der Waals surface area contributed by atoms with Crippen LogP contribution in [0.1, 0.15) is 20.3 Å². The van der Waals surface area contributed by atoms with Crippen LogP contribution in [0.2, 0.25) is 0 Å². The maximum absolute atomic E-state index is 13.4. The Kier molecular flexibility index (Phi) is 4.95. The third kappa shape index (κ3) is 4.16. The molecule has 0 spiro atoms. The topological polar surface area (TPSA) is 61.4 Å². The van der Waals surface area contributed by atoms with Crippen molar-refractivity contribution in [1.82, 2.24) is 10.2 Å². The van der Waals surface area contributed by atoms with E-state index in [1.165, 1.54) is 0 Å². The van der Waals surface area contributed by atoms with Gasteiger partial charge in [0, 0.05) is 25.6 Å². The lowest BCUT2D eigenvalue weighted by atomic mass is 10.2. The van der Waals surface area contributed by atoms with Crippen LogP contribution in [0.3, 0.4) is 0 Å². The first kappa shape index (κ1) is 16.2. The minimum Gasteiger partial charge on any atom is -0.340 e. The van der Waals surface area contributed by atoms with Gasteiger partial charge in [0.2, 0.25) is 5.91 Å². The molecule has 0 aliphatic carbocycles. The van der Waals surface area contributed by atoms with Gasteiger partial charge in [0.25, 0.3) is 0 Å². The van der Waals surface area contributed by atoms with Gasteiger partial charge in [-0.2, -0.15) is 0 Å². The lowest BCUT2D eigenvalue weighted by Gasteiger charge is -2.19. The minimum absolute atomic E-state index is 0.0177. The highest BCUT2D eigenvalue weighted by atomic mass is 19.1. The molecule has 0 bridgehead atoms. The number of carbonyl (C=O) groups is 2. The molecule has 2 N–H and O–H groups in total. The summed E-state index contributed by atoms with van der Waals surface area (Å²) in [6.07, 6.45) is 0.214. The number of amides is 3. The number of likely N-dealkylation sites (tertiary alicyclic amines) is 1. The Labute approximate surface area is 127 Å². The maximum Gasteiger partial charge on any atom is 0.319 e. The van der Waals surface area contributed by atoms with Gasteiger partial charge >= 0.3 is 6.03 Å². The van der Waals surface area contributed by atoms with Crippen LogP contribution in [0.25, 0.3) is 0 Å². The van der Waals surface area contributed by atoms with E-state index >= 15 is 0 Å². The fourth-order valence-electron chi connectivity index (χ4n) is 2.42. The number of anilines is 1. The van der Waals surface area contributed by atoms with E-state index in [4.69, 9.17) is 0 Å². The average Bonchev–Trinajstić information content (AvgIpc) is 2.73. The van der Waals surface area contributed by atoms with Crippen molar-refractivity contribution in [2.24, 2.45) is 5.92 Å². The quantitative estimate of drug-likeness (QED) is 0.896. The van der Waals surface area contributed by atoms with Gasteiger partial charge in [-0.15, -0.1) is 0 Å². The molecule has 1 aromatic carbocycles. The van der Waals surface area contributed by atoms with Crippen molar-refractivity contribution in [2.75, 3.05) is 18.4 Å². The van der Waals surface area contributed by atoms with Crippen LogP contribution < -0.4 is 10.6 Å². The Morgan fingerprint density at radius 1 is 1.41 bits per heavy atom. The molecule has 120 valence electrons. The summed E-state index contributed by atoms with van der Waals surface area (Å²) in [5, 5.41) is 4.86. The van der Waals surface area contributed by atoms with E-state index in [0.717, 1.165) is 18.2 Å². The van der Waals surface area contributed by atoms with Gasteiger partial charge < -0.3 is 15.5 Å². The Balaban J connectivity index is 1.90. The molecule has 3 amide bonds. The second-order valence-corrected chi connectivity index (χ2v) is 5.82. The van der Waals surface area contributed by atoms with Crippen molar-refractivity contribution < 1.29 is 18.4 Å². The zero-order valence-electron chi connectivity index (χ0n) is 12.5. The number of nitrogens with one attached hydrogen (secondary N) is 2. The normalized spacial score (nSPS) is 18.0. The molecule has 7 heteroatoms. The number of nitrogens with zero attached hydrogens (tertiary/aromatic N) is 1. The van der Waals surface area contributed by atoms with Crippen molar-refractivity contribution in [3.05, 3.63) is 29.8 Å². The van der Waals surface area contributed by atoms with E-state index in [1.807, 2.05) is 13.8 Å². The van der Waals surface area contributed by atoms with Gasteiger partial charge in [0.1, 0.15) is 11.6 Å². The molecule has 0 saturated carbocycles. The summed E-state index contributed by atoms with van der Waals surface area (Å²) in [6, 6.07) is 1.82. The number of benzene rings is 1. The summed E-state index contributed by atoms with van der Waals surface area (Å²) in [7, 11) is 0. The standard InChI is InChI=1S/C15H19F2N3O2/c1-9(2)7-20-8-11(6-14(20)21)18-15(22)19-13-5-10(16)3-4-12(13)17/h3-5,9,11H,6-8H2,1-2H3,(H2,18,19,22). The fraction of sp³-hybridized carbons (Fsp3) is 0.467. The summed E-state index contributed by atoms with van der Waals surface area (Å²) in [4.78, 5) is 25.3. The molecule has 1 aliphatic heterocycles. The number of urea groups is 1. The predicted octanol–water partition coefficient (Wildman–Crippen LogP) is 2.34. The molecular weight excluding hydrogens is 292 g/mol. The zero-order valence-corrected chi connectivity index (χ0v) is 12.5. The second-order valence-electron chi connectivity index (χ2n) is 5.82. The van der Waals surface area contributed by atoms with Crippen LogP contribution in [-0.4, -0.2) is 36.0 Å². The zero-order chi connectivity index (χ0) is 16.3. The van der Waals surface area contributed by atoms with E-state index in [2.05, 4.69) is 10.6 Å². The molecule has 1 heterocycles. The van der Waals surface area contributed by atoms with Crippen molar-refractivity contribution >= 4 is 17.6 Å². The van der Waals surface area contributed by atoms with Gasteiger partial charge in [0.15, 0.2) is 0 Å². The van der Waals surface area contributed by atoms with Gasteiger partial charge in [-0.3, -0.25) is 4.79 Å². The van der Waals surface area contributed by atoms with E-state index in [-0.39, 0.29) is 24.1 Å². The lowest BCUT2D eigenvalue weighted by molar-refractivity contribution is -0.128. The highest BCUT2D eigenvalue weighted by Gasteiger charge is 2.30. The third-order valence-corrected chi connectivity index (χ3v) is 3.31. The average molecular weight is 311 g/mol. The first-order chi connectivity index (χ1) is 10.3. The summed E-state index contributed by atoms with van der Waals surface area (Å²) in [6.45, 7) is 5.08. The summed E-state index contributed by atoms with van der Waals surface area (Å²) in [5.41, 5.74) is -0.235. The molecule has 0 radical (unpaired) electrons. The van der Waals surface area contributed by atoms with Gasteiger partial charge in [-0.1, -0.05) is 13.8 Å². The molecule has 0 aromatic heterocycles. The summed E-state index contributed by atoms with van der Waals surface area (Å²) >= 11 is 0. The van der Waals surface area contributed by atoms with Gasteiger partial charge in [0.05, 0.1) is 11.7 Å². The molecule has 1 saturated heterocycles. The van der Waals surface area contributed by atoms with Crippen LogP contribution >= 0.6 is 0 Å². The predicted molar refractivity (Wildman–Crippen MR) is 78.3 cm³/mol.